The average Bonchev–Trinajstić information content (AvgIpc) is 2.77. The molecule has 9 heteroatoms. The highest BCUT2D eigenvalue weighted by atomic mass is 16.6. The van der Waals surface area contributed by atoms with Crippen LogP contribution in [0.5, 0.6) is 11.5 Å². The maximum absolute atomic E-state index is 12.7. The van der Waals surface area contributed by atoms with Crippen molar-refractivity contribution in [1.82, 2.24) is 9.55 Å². The Morgan fingerprint density at radius 3 is 2.71 bits per heavy atom. The van der Waals surface area contributed by atoms with Gasteiger partial charge in [0.15, 0.2) is 18.1 Å². The van der Waals surface area contributed by atoms with Crippen molar-refractivity contribution < 1.29 is 23.8 Å². The van der Waals surface area contributed by atoms with Gasteiger partial charge in [-0.25, -0.2) is 9.78 Å². The summed E-state index contributed by atoms with van der Waals surface area (Å²) in [5.41, 5.74) is 1.11. The average molecular weight is 423 g/mol. The van der Waals surface area contributed by atoms with Gasteiger partial charge in [0.05, 0.1) is 5.39 Å². The van der Waals surface area contributed by atoms with Crippen LogP contribution in [0.15, 0.2) is 41.3 Å². The zero-order valence-electron chi connectivity index (χ0n) is 17.1. The Morgan fingerprint density at radius 1 is 1.16 bits per heavy atom. The van der Waals surface area contributed by atoms with Crippen LogP contribution in [-0.4, -0.2) is 41.2 Å². The number of hydrogen-bond donors (Lipinski definition) is 1. The van der Waals surface area contributed by atoms with E-state index in [0.717, 1.165) is 5.69 Å². The van der Waals surface area contributed by atoms with Crippen molar-refractivity contribution in [3.05, 3.63) is 58.0 Å². The molecule has 0 saturated heterocycles. The zero-order valence-corrected chi connectivity index (χ0v) is 17.1. The summed E-state index contributed by atoms with van der Waals surface area (Å²) in [5.74, 6) is -0.282. The van der Waals surface area contributed by atoms with Gasteiger partial charge in [-0.3, -0.25) is 9.59 Å². The number of hydrogen-bond acceptors (Lipinski definition) is 7. The van der Waals surface area contributed by atoms with E-state index in [-0.39, 0.29) is 5.56 Å². The molecule has 0 atom stereocenters. The Kier molecular flexibility index (Phi) is 5.57. The van der Waals surface area contributed by atoms with Gasteiger partial charge in [0.25, 0.3) is 5.91 Å². The first-order chi connectivity index (χ1) is 15.0. The van der Waals surface area contributed by atoms with Crippen LogP contribution in [0.1, 0.15) is 23.0 Å². The largest absolute Gasteiger partial charge is 0.486 e. The van der Waals surface area contributed by atoms with Crippen molar-refractivity contribution in [3.8, 4) is 11.5 Å². The van der Waals surface area contributed by atoms with E-state index in [2.05, 4.69) is 10.3 Å². The molecule has 0 radical (unpaired) electrons. The fourth-order valence-corrected chi connectivity index (χ4v) is 3.27. The van der Waals surface area contributed by atoms with Crippen molar-refractivity contribution in [2.45, 2.75) is 20.4 Å². The molecule has 0 unspecified atom stereocenters. The van der Waals surface area contributed by atoms with E-state index >= 15 is 0 Å². The van der Waals surface area contributed by atoms with Crippen molar-refractivity contribution in [1.29, 1.82) is 0 Å². The summed E-state index contributed by atoms with van der Waals surface area (Å²) in [6.07, 6.45) is 1.41. The summed E-state index contributed by atoms with van der Waals surface area (Å²) in [6.45, 7) is 4.58. The second kappa shape index (κ2) is 8.47. The minimum absolute atomic E-state index is 0.146. The van der Waals surface area contributed by atoms with Gasteiger partial charge in [-0.05, 0) is 38.1 Å². The minimum atomic E-state index is -0.869. The van der Waals surface area contributed by atoms with Crippen LogP contribution in [0.4, 0.5) is 5.69 Å². The summed E-state index contributed by atoms with van der Waals surface area (Å²) in [5, 5.41) is 2.95. The molecule has 3 heterocycles. The second-order valence-electron chi connectivity index (χ2n) is 6.96. The van der Waals surface area contributed by atoms with Crippen molar-refractivity contribution >= 4 is 28.6 Å². The van der Waals surface area contributed by atoms with Gasteiger partial charge < -0.3 is 24.1 Å². The van der Waals surface area contributed by atoms with E-state index in [9.17, 15) is 14.4 Å². The third-order valence-corrected chi connectivity index (χ3v) is 4.78. The van der Waals surface area contributed by atoms with E-state index in [1.807, 2.05) is 13.8 Å². The number of esters is 1. The molecule has 0 aliphatic carbocycles. The normalized spacial score (nSPS) is 12.5. The number of amides is 1. The quantitative estimate of drug-likeness (QED) is 0.627. The highest BCUT2D eigenvalue weighted by Crippen LogP contribution is 2.32. The van der Waals surface area contributed by atoms with Gasteiger partial charge in [-0.1, -0.05) is 0 Å². The Hall–Kier alpha value is -3.88. The molecule has 0 fully saturated rings. The molecule has 1 aliphatic rings. The number of aromatic nitrogens is 2. The van der Waals surface area contributed by atoms with E-state index in [4.69, 9.17) is 14.2 Å². The second-order valence-corrected chi connectivity index (χ2v) is 6.96. The predicted octanol–water partition coefficient (Wildman–Crippen LogP) is 2.29. The van der Waals surface area contributed by atoms with Crippen LogP contribution in [0.3, 0.4) is 0 Å². The number of pyridine rings is 2. The molecule has 1 aliphatic heterocycles. The SMILES string of the molecule is CCn1cc(C(=O)OCC(=O)Nc2ccc3c(c2)OCCO3)c(=O)c2ccc(C)nc21. The third kappa shape index (κ3) is 4.20. The van der Waals surface area contributed by atoms with Crippen molar-refractivity contribution in [2.75, 3.05) is 25.1 Å². The molecule has 1 N–H and O–H groups in total. The van der Waals surface area contributed by atoms with Crippen LogP contribution in [0.25, 0.3) is 11.0 Å². The number of ether oxygens (including phenoxy) is 3. The first-order valence-corrected chi connectivity index (χ1v) is 9.83. The number of anilines is 1. The summed E-state index contributed by atoms with van der Waals surface area (Å²) >= 11 is 0. The van der Waals surface area contributed by atoms with Gasteiger partial charge in [0.2, 0.25) is 5.43 Å². The van der Waals surface area contributed by atoms with Crippen LogP contribution < -0.4 is 20.2 Å². The molecule has 1 amide bonds. The number of nitrogens with zero attached hydrogens (tertiary/aromatic N) is 2. The lowest BCUT2D eigenvalue weighted by atomic mass is 10.2. The van der Waals surface area contributed by atoms with Crippen LogP contribution in [0, 0.1) is 6.92 Å². The monoisotopic (exact) mass is 423 g/mol. The van der Waals surface area contributed by atoms with Crippen molar-refractivity contribution in [3.63, 3.8) is 0 Å². The fourth-order valence-electron chi connectivity index (χ4n) is 3.27. The molecule has 160 valence electrons. The zero-order chi connectivity index (χ0) is 22.0. The molecule has 0 saturated carbocycles. The van der Waals surface area contributed by atoms with E-state index in [1.54, 1.807) is 34.9 Å². The van der Waals surface area contributed by atoms with Gasteiger partial charge in [0, 0.05) is 30.2 Å². The summed E-state index contributed by atoms with van der Waals surface area (Å²) in [7, 11) is 0. The Balaban J connectivity index is 1.47. The summed E-state index contributed by atoms with van der Waals surface area (Å²) < 4.78 is 17.7. The van der Waals surface area contributed by atoms with Crippen molar-refractivity contribution in [2.24, 2.45) is 0 Å². The lowest BCUT2D eigenvalue weighted by Crippen LogP contribution is -2.25. The van der Waals surface area contributed by atoms with E-state index in [0.29, 0.717) is 48.0 Å². The number of benzene rings is 1. The maximum Gasteiger partial charge on any atom is 0.344 e. The molecular formula is C22H21N3O6. The molecule has 3 aromatic rings. The topological polar surface area (TPSA) is 109 Å². The molecule has 9 nitrogen and oxygen atoms in total. The number of rotatable bonds is 5. The molecule has 0 spiro atoms. The molecule has 31 heavy (non-hydrogen) atoms. The minimum Gasteiger partial charge on any atom is -0.486 e. The Labute approximate surface area is 177 Å². The van der Waals surface area contributed by atoms with Crippen LogP contribution in [-0.2, 0) is 16.1 Å². The highest BCUT2D eigenvalue weighted by molar-refractivity contribution is 5.97. The smallest absolute Gasteiger partial charge is 0.344 e. The molecular weight excluding hydrogens is 402 g/mol. The molecule has 4 rings (SSSR count). The third-order valence-electron chi connectivity index (χ3n) is 4.78. The summed E-state index contributed by atoms with van der Waals surface area (Å²) in [4.78, 5) is 41.9. The fraction of sp³-hybridized carbons (Fsp3) is 0.273. The maximum atomic E-state index is 12.7. The number of aryl methyl sites for hydroxylation is 2. The van der Waals surface area contributed by atoms with E-state index in [1.165, 1.54) is 6.20 Å². The van der Waals surface area contributed by atoms with E-state index < -0.39 is 23.9 Å². The number of carbonyl (C=O) groups is 2. The first kappa shape index (κ1) is 20.4. The standard InChI is InChI=1S/C22H21N3O6/c1-3-25-11-16(20(27)15-6-4-13(2)23-21(15)25)22(28)31-12-19(26)24-14-5-7-17-18(10-14)30-9-8-29-17/h4-7,10-11H,3,8-9,12H2,1-2H3,(H,24,26). The molecule has 0 bridgehead atoms. The molecule has 1 aromatic carbocycles. The number of nitrogens with one attached hydrogen (secondary N) is 1. The lowest BCUT2D eigenvalue weighted by Gasteiger charge is -2.19. The Morgan fingerprint density at radius 2 is 1.94 bits per heavy atom. The first-order valence-electron chi connectivity index (χ1n) is 9.83. The van der Waals surface area contributed by atoms with Crippen LogP contribution in [0.2, 0.25) is 0 Å². The Bertz CT molecular complexity index is 1230. The number of fused-ring (bicyclic) bond motifs is 2. The summed E-state index contributed by atoms with van der Waals surface area (Å²) in [6, 6.07) is 8.32. The van der Waals surface area contributed by atoms with Gasteiger partial charge in [-0.2, -0.15) is 0 Å². The lowest BCUT2D eigenvalue weighted by molar-refractivity contribution is -0.119. The van der Waals surface area contributed by atoms with Gasteiger partial charge in [0.1, 0.15) is 24.4 Å². The highest BCUT2D eigenvalue weighted by Gasteiger charge is 2.19. The number of carbonyl (C=O) groups excluding carboxylic acids is 2. The molecule has 2 aromatic heterocycles. The van der Waals surface area contributed by atoms with Crippen LogP contribution >= 0.6 is 0 Å². The van der Waals surface area contributed by atoms with Gasteiger partial charge in [-0.15, -0.1) is 0 Å². The predicted molar refractivity (Wildman–Crippen MR) is 113 cm³/mol. The van der Waals surface area contributed by atoms with Gasteiger partial charge >= 0.3 is 5.97 Å².